The highest BCUT2D eigenvalue weighted by Crippen LogP contribution is 2.31. The van der Waals surface area contributed by atoms with Gasteiger partial charge in [0.15, 0.2) is 6.29 Å². The number of hydrogen-bond donors (Lipinski definition) is 1. The minimum Gasteiger partial charge on any atom is -0.373 e. The standard InChI is InChI=1S/C15H22O3/c1-10-12(3)18-15(16)11(2)14(10)17-9-13-7-5-4-6-8-13/h4-8,10-12,14-16H,9H2,1-3H3/t10-,11-,12-,14+,15?/m1/s1. The van der Waals surface area contributed by atoms with Crippen molar-refractivity contribution in [3.8, 4) is 0 Å². The van der Waals surface area contributed by atoms with Crippen LogP contribution in [0.1, 0.15) is 26.3 Å². The normalized spacial score (nSPS) is 36.6. The SMILES string of the molecule is C[C@H]1[C@H](OCc2ccccc2)[C@@H](C)C(O)O[C@@H]1C. The lowest BCUT2D eigenvalue weighted by Crippen LogP contribution is -2.48. The van der Waals surface area contributed by atoms with Gasteiger partial charge in [-0.2, -0.15) is 0 Å². The molecule has 0 radical (unpaired) electrons. The molecule has 18 heavy (non-hydrogen) atoms. The Kier molecular flexibility index (Phi) is 4.38. The largest absolute Gasteiger partial charge is 0.373 e. The van der Waals surface area contributed by atoms with Crippen LogP contribution in [-0.2, 0) is 16.1 Å². The third-order valence-corrected chi connectivity index (χ3v) is 3.87. The van der Waals surface area contributed by atoms with Crippen molar-refractivity contribution in [2.24, 2.45) is 11.8 Å². The van der Waals surface area contributed by atoms with Gasteiger partial charge in [0.2, 0.25) is 0 Å². The van der Waals surface area contributed by atoms with Crippen LogP contribution in [-0.4, -0.2) is 23.6 Å². The molecule has 0 aliphatic carbocycles. The van der Waals surface area contributed by atoms with E-state index in [1.54, 1.807) is 0 Å². The van der Waals surface area contributed by atoms with Gasteiger partial charge in [0.25, 0.3) is 0 Å². The molecule has 1 aromatic rings. The van der Waals surface area contributed by atoms with Crippen molar-refractivity contribution in [1.82, 2.24) is 0 Å². The van der Waals surface area contributed by atoms with Crippen molar-refractivity contribution in [1.29, 1.82) is 0 Å². The zero-order chi connectivity index (χ0) is 13.1. The second kappa shape index (κ2) is 5.83. The van der Waals surface area contributed by atoms with Crippen LogP contribution in [0.5, 0.6) is 0 Å². The molecule has 1 heterocycles. The Morgan fingerprint density at radius 2 is 1.78 bits per heavy atom. The van der Waals surface area contributed by atoms with Crippen molar-refractivity contribution >= 4 is 0 Å². The molecule has 1 aliphatic rings. The Labute approximate surface area is 109 Å². The van der Waals surface area contributed by atoms with E-state index in [4.69, 9.17) is 9.47 Å². The minimum atomic E-state index is -0.725. The van der Waals surface area contributed by atoms with Gasteiger partial charge in [0.05, 0.1) is 18.8 Å². The summed E-state index contributed by atoms with van der Waals surface area (Å²) in [5, 5.41) is 9.83. The van der Waals surface area contributed by atoms with Gasteiger partial charge < -0.3 is 14.6 Å². The van der Waals surface area contributed by atoms with Crippen LogP contribution >= 0.6 is 0 Å². The molecule has 5 atom stereocenters. The number of rotatable bonds is 3. The summed E-state index contributed by atoms with van der Waals surface area (Å²) >= 11 is 0. The quantitative estimate of drug-likeness (QED) is 0.896. The zero-order valence-electron chi connectivity index (χ0n) is 11.2. The van der Waals surface area contributed by atoms with E-state index in [0.717, 1.165) is 5.56 Å². The smallest absolute Gasteiger partial charge is 0.159 e. The van der Waals surface area contributed by atoms with Crippen molar-refractivity contribution < 1.29 is 14.6 Å². The summed E-state index contributed by atoms with van der Waals surface area (Å²) in [6, 6.07) is 10.1. The summed E-state index contributed by atoms with van der Waals surface area (Å²) in [7, 11) is 0. The van der Waals surface area contributed by atoms with Crippen molar-refractivity contribution in [3.05, 3.63) is 35.9 Å². The Balaban J connectivity index is 1.98. The summed E-state index contributed by atoms with van der Waals surface area (Å²) in [5.41, 5.74) is 1.16. The van der Waals surface area contributed by atoms with Crippen LogP contribution in [0.3, 0.4) is 0 Å². The van der Waals surface area contributed by atoms with Gasteiger partial charge in [0.1, 0.15) is 0 Å². The maximum atomic E-state index is 9.83. The van der Waals surface area contributed by atoms with E-state index in [9.17, 15) is 5.11 Å². The van der Waals surface area contributed by atoms with Gasteiger partial charge in [-0.25, -0.2) is 0 Å². The molecule has 1 aliphatic heterocycles. The van der Waals surface area contributed by atoms with E-state index in [2.05, 4.69) is 19.1 Å². The Bertz CT molecular complexity index is 351. The number of ether oxygens (including phenoxy) is 2. The van der Waals surface area contributed by atoms with Crippen molar-refractivity contribution in [2.45, 2.75) is 45.9 Å². The molecule has 1 saturated heterocycles. The molecular formula is C15H22O3. The highest BCUT2D eigenvalue weighted by molar-refractivity contribution is 5.13. The molecule has 1 unspecified atom stereocenters. The lowest BCUT2D eigenvalue weighted by atomic mass is 9.86. The average molecular weight is 250 g/mol. The first-order valence-corrected chi connectivity index (χ1v) is 6.58. The predicted molar refractivity (Wildman–Crippen MR) is 69.9 cm³/mol. The number of benzene rings is 1. The molecule has 0 saturated carbocycles. The molecule has 2 rings (SSSR count). The van der Waals surface area contributed by atoms with Crippen LogP contribution in [0.25, 0.3) is 0 Å². The molecule has 0 spiro atoms. The molecular weight excluding hydrogens is 228 g/mol. The molecule has 0 bridgehead atoms. The van der Waals surface area contributed by atoms with Crippen LogP contribution in [0.15, 0.2) is 30.3 Å². The third kappa shape index (κ3) is 2.91. The fourth-order valence-electron chi connectivity index (χ4n) is 2.45. The van der Waals surface area contributed by atoms with Crippen LogP contribution in [0, 0.1) is 11.8 Å². The fraction of sp³-hybridized carbons (Fsp3) is 0.600. The molecule has 3 heteroatoms. The Hall–Kier alpha value is -0.900. The van der Waals surface area contributed by atoms with Crippen molar-refractivity contribution in [2.75, 3.05) is 0 Å². The second-order valence-corrected chi connectivity index (χ2v) is 5.21. The topological polar surface area (TPSA) is 38.7 Å². The zero-order valence-corrected chi connectivity index (χ0v) is 11.2. The maximum Gasteiger partial charge on any atom is 0.159 e. The van der Waals surface area contributed by atoms with Gasteiger partial charge >= 0.3 is 0 Å². The van der Waals surface area contributed by atoms with Crippen LogP contribution in [0.4, 0.5) is 0 Å². The monoisotopic (exact) mass is 250 g/mol. The molecule has 100 valence electrons. The lowest BCUT2D eigenvalue weighted by molar-refractivity contribution is -0.248. The van der Waals surface area contributed by atoms with Crippen LogP contribution < -0.4 is 0 Å². The Morgan fingerprint density at radius 3 is 2.44 bits per heavy atom. The molecule has 1 N–H and O–H groups in total. The van der Waals surface area contributed by atoms with Crippen molar-refractivity contribution in [3.63, 3.8) is 0 Å². The lowest BCUT2D eigenvalue weighted by Gasteiger charge is -2.41. The summed E-state index contributed by atoms with van der Waals surface area (Å²) in [6.07, 6.45) is -0.669. The van der Waals surface area contributed by atoms with E-state index in [-0.39, 0.29) is 24.0 Å². The molecule has 1 fully saturated rings. The van der Waals surface area contributed by atoms with E-state index >= 15 is 0 Å². The number of hydrogen-bond acceptors (Lipinski definition) is 3. The molecule has 0 amide bonds. The van der Waals surface area contributed by atoms with Gasteiger partial charge in [-0.1, -0.05) is 44.2 Å². The molecule has 0 aromatic heterocycles. The van der Waals surface area contributed by atoms with E-state index in [1.807, 2.05) is 32.0 Å². The number of aliphatic hydroxyl groups excluding tert-OH is 1. The second-order valence-electron chi connectivity index (χ2n) is 5.21. The first-order valence-electron chi connectivity index (χ1n) is 6.58. The summed E-state index contributed by atoms with van der Waals surface area (Å²) in [4.78, 5) is 0. The summed E-state index contributed by atoms with van der Waals surface area (Å²) in [5.74, 6) is 0.284. The van der Waals surface area contributed by atoms with Gasteiger partial charge in [-0.15, -0.1) is 0 Å². The first kappa shape index (κ1) is 13.5. The highest BCUT2D eigenvalue weighted by Gasteiger charge is 2.39. The summed E-state index contributed by atoms with van der Waals surface area (Å²) in [6.45, 7) is 6.66. The third-order valence-electron chi connectivity index (χ3n) is 3.87. The molecule has 1 aromatic carbocycles. The average Bonchev–Trinajstić information content (AvgIpc) is 2.38. The predicted octanol–water partition coefficient (Wildman–Crippen LogP) is 2.58. The van der Waals surface area contributed by atoms with Gasteiger partial charge in [-0.05, 0) is 12.5 Å². The fourth-order valence-corrected chi connectivity index (χ4v) is 2.45. The summed E-state index contributed by atoms with van der Waals surface area (Å²) < 4.78 is 11.5. The highest BCUT2D eigenvalue weighted by atomic mass is 16.6. The minimum absolute atomic E-state index is 0.0000813. The van der Waals surface area contributed by atoms with E-state index in [0.29, 0.717) is 6.61 Å². The first-order chi connectivity index (χ1) is 8.59. The maximum absolute atomic E-state index is 9.83. The van der Waals surface area contributed by atoms with Gasteiger partial charge in [0, 0.05) is 11.8 Å². The Morgan fingerprint density at radius 1 is 1.11 bits per heavy atom. The van der Waals surface area contributed by atoms with E-state index in [1.165, 1.54) is 0 Å². The van der Waals surface area contributed by atoms with Gasteiger partial charge in [-0.3, -0.25) is 0 Å². The van der Waals surface area contributed by atoms with E-state index < -0.39 is 6.29 Å². The molecule has 3 nitrogen and oxygen atoms in total. The number of aliphatic hydroxyl groups is 1. The van der Waals surface area contributed by atoms with Crippen LogP contribution in [0.2, 0.25) is 0 Å².